The minimum atomic E-state index is -0.0981. The highest BCUT2D eigenvalue weighted by molar-refractivity contribution is 5.98. The number of aromatic nitrogens is 4. The number of aromatic amines is 1. The third-order valence-corrected chi connectivity index (χ3v) is 4.85. The third kappa shape index (κ3) is 3.18. The van der Waals surface area contributed by atoms with Crippen molar-refractivity contribution in [2.75, 3.05) is 6.54 Å². The van der Waals surface area contributed by atoms with Crippen LogP contribution in [0.25, 0.3) is 21.9 Å². The number of nitrogens with zero attached hydrogens (tertiary/aromatic N) is 3. The lowest BCUT2D eigenvalue weighted by molar-refractivity contribution is 0.0953. The van der Waals surface area contributed by atoms with Crippen LogP contribution in [0.2, 0.25) is 0 Å². The van der Waals surface area contributed by atoms with Crippen LogP contribution in [0.4, 0.5) is 0 Å². The summed E-state index contributed by atoms with van der Waals surface area (Å²) >= 11 is 0. The molecule has 0 bridgehead atoms. The number of para-hydroxylation sites is 1. The first kappa shape index (κ1) is 17.3. The number of rotatable bonds is 5. The lowest BCUT2D eigenvalue weighted by atomic mass is 10.1. The molecule has 0 atom stereocenters. The Bertz CT molecular complexity index is 1120. The summed E-state index contributed by atoms with van der Waals surface area (Å²) in [5.41, 5.74) is 4.46. The van der Waals surface area contributed by atoms with E-state index in [0.29, 0.717) is 12.1 Å². The van der Waals surface area contributed by atoms with Crippen molar-refractivity contribution < 1.29 is 4.79 Å². The highest BCUT2D eigenvalue weighted by Gasteiger charge is 2.15. The van der Waals surface area contributed by atoms with Crippen molar-refractivity contribution in [1.29, 1.82) is 0 Å². The fourth-order valence-corrected chi connectivity index (χ4v) is 3.42. The molecular formula is C21H23N5O. The molecule has 0 aliphatic rings. The molecule has 138 valence electrons. The van der Waals surface area contributed by atoms with Crippen LogP contribution in [-0.2, 0) is 6.42 Å². The molecule has 3 aromatic heterocycles. The van der Waals surface area contributed by atoms with Crippen LogP contribution in [0.15, 0.2) is 42.7 Å². The molecule has 1 amide bonds. The van der Waals surface area contributed by atoms with Crippen molar-refractivity contribution in [3.05, 3.63) is 59.5 Å². The van der Waals surface area contributed by atoms with Gasteiger partial charge in [0.15, 0.2) is 5.65 Å². The molecule has 2 N–H and O–H groups in total. The van der Waals surface area contributed by atoms with Gasteiger partial charge in [-0.05, 0) is 44.9 Å². The number of hydrogen-bond acceptors (Lipinski definition) is 3. The molecule has 0 radical (unpaired) electrons. The second-order valence-corrected chi connectivity index (χ2v) is 7.08. The van der Waals surface area contributed by atoms with Gasteiger partial charge >= 0.3 is 0 Å². The number of carbonyl (C=O) groups is 1. The second kappa shape index (κ2) is 6.87. The minimum absolute atomic E-state index is 0.0981. The van der Waals surface area contributed by atoms with E-state index >= 15 is 0 Å². The van der Waals surface area contributed by atoms with E-state index in [0.717, 1.165) is 28.7 Å². The monoisotopic (exact) mass is 361 g/mol. The fourth-order valence-electron chi connectivity index (χ4n) is 3.42. The predicted octanol–water partition coefficient (Wildman–Crippen LogP) is 3.77. The summed E-state index contributed by atoms with van der Waals surface area (Å²) in [5, 5.41) is 9.48. The average molecular weight is 361 g/mol. The maximum atomic E-state index is 12.7. The summed E-state index contributed by atoms with van der Waals surface area (Å²) in [6.45, 7) is 6.57. The number of fused-ring (bicyclic) bond motifs is 2. The number of amides is 1. The van der Waals surface area contributed by atoms with Crippen LogP contribution in [0, 0.1) is 6.92 Å². The third-order valence-electron chi connectivity index (χ3n) is 4.85. The molecule has 6 nitrogen and oxygen atoms in total. The summed E-state index contributed by atoms with van der Waals surface area (Å²) in [6, 6.07) is 10.3. The van der Waals surface area contributed by atoms with E-state index in [9.17, 15) is 4.79 Å². The molecule has 6 heteroatoms. The number of carbonyl (C=O) groups excluding carboxylic acids is 1. The zero-order valence-electron chi connectivity index (χ0n) is 15.8. The summed E-state index contributed by atoms with van der Waals surface area (Å²) in [5.74, 6) is -0.0981. The second-order valence-electron chi connectivity index (χ2n) is 7.08. The highest BCUT2D eigenvalue weighted by atomic mass is 16.1. The van der Waals surface area contributed by atoms with E-state index < -0.39 is 0 Å². The summed E-state index contributed by atoms with van der Waals surface area (Å²) in [4.78, 5) is 20.5. The molecule has 4 aromatic rings. The number of hydrogen-bond donors (Lipinski definition) is 2. The largest absolute Gasteiger partial charge is 0.361 e. The van der Waals surface area contributed by atoms with Crippen molar-refractivity contribution >= 4 is 27.8 Å². The van der Waals surface area contributed by atoms with Gasteiger partial charge in [-0.2, -0.15) is 5.10 Å². The first-order chi connectivity index (χ1) is 13.0. The quantitative estimate of drug-likeness (QED) is 0.568. The van der Waals surface area contributed by atoms with Gasteiger partial charge in [-0.15, -0.1) is 0 Å². The summed E-state index contributed by atoms with van der Waals surface area (Å²) in [7, 11) is 0. The van der Waals surface area contributed by atoms with Crippen molar-refractivity contribution in [2.24, 2.45) is 0 Å². The molecule has 1 aromatic carbocycles. The lowest BCUT2D eigenvalue weighted by Crippen LogP contribution is -2.26. The minimum Gasteiger partial charge on any atom is -0.361 e. The molecule has 4 rings (SSSR count). The first-order valence-corrected chi connectivity index (χ1v) is 9.22. The van der Waals surface area contributed by atoms with Crippen LogP contribution in [0.1, 0.15) is 41.5 Å². The molecule has 27 heavy (non-hydrogen) atoms. The first-order valence-electron chi connectivity index (χ1n) is 9.22. The molecule has 0 fully saturated rings. The van der Waals surface area contributed by atoms with Gasteiger partial charge < -0.3 is 10.3 Å². The molecule has 0 unspecified atom stereocenters. The number of benzene rings is 1. The van der Waals surface area contributed by atoms with Gasteiger partial charge in [-0.3, -0.25) is 4.79 Å². The topological polar surface area (TPSA) is 75.6 Å². The average Bonchev–Trinajstić information content (AvgIpc) is 3.25. The molecule has 0 aliphatic carbocycles. The molecule has 3 heterocycles. The Hall–Kier alpha value is -3.15. The molecule has 0 saturated heterocycles. The van der Waals surface area contributed by atoms with Gasteiger partial charge in [0.1, 0.15) is 0 Å². The molecule has 0 aliphatic heterocycles. The summed E-state index contributed by atoms with van der Waals surface area (Å²) in [6.07, 6.45) is 4.55. The van der Waals surface area contributed by atoms with E-state index in [2.05, 4.69) is 46.4 Å². The Labute approximate surface area is 157 Å². The van der Waals surface area contributed by atoms with E-state index in [1.54, 1.807) is 6.20 Å². The lowest BCUT2D eigenvalue weighted by Gasteiger charge is -2.10. The smallest absolute Gasteiger partial charge is 0.253 e. The van der Waals surface area contributed by atoms with Gasteiger partial charge in [-0.1, -0.05) is 18.2 Å². The zero-order valence-corrected chi connectivity index (χ0v) is 15.8. The van der Waals surface area contributed by atoms with Crippen molar-refractivity contribution in [3.8, 4) is 0 Å². The van der Waals surface area contributed by atoms with Gasteiger partial charge in [0.25, 0.3) is 5.91 Å². The van der Waals surface area contributed by atoms with Crippen LogP contribution in [0.3, 0.4) is 0 Å². The number of H-pyrrole nitrogens is 1. The van der Waals surface area contributed by atoms with Gasteiger partial charge in [0.05, 0.1) is 17.5 Å². The van der Waals surface area contributed by atoms with Gasteiger partial charge in [0, 0.05) is 35.1 Å². The maximum Gasteiger partial charge on any atom is 0.253 e. The van der Waals surface area contributed by atoms with E-state index in [4.69, 9.17) is 0 Å². The number of nitrogens with one attached hydrogen (secondary N) is 2. The normalized spacial score (nSPS) is 11.6. The Morgan fingerprint density at radius 1 is 1.30 bits per heavy atom. The zero-order chi connectivity index (χ0) is 19.0. The van der Waals surface area contributed by atoms with E-state index in [1.807, 2.05) is 36.0 Å². The van der Waals surface area contributed by atoms with E-state index in [1.165, 1.54) is 10.9 Å². The predicted molar refractivity (Wildman–Crippen MR) is 107 cm³/mol. The van der Waals surface area contributed by atoms with Crippen molar-refractivity contribution in [3.63, 3.8) is 0 Å². The van der Waals surface area contributed by atoms with Crippen LogP contribution in [0.5, 0.6) is 0 Å². The van der Waals surface area contributed by atoms with Gasteiger partial charge in [-0.25, -0.2) is 9.67 Å². The van der Waals surface area contributed by atoms with Crippen LogP contribution < -0.4 is 5.32 Å². The maximum absolute atomic E-state index is 12.7. The van der Waals surface area contributed by atoms with Gasteiger partial charge in [0.2, 0.25) is 0 Å². The molecule has 0 saturated carbocycles. The van der Waals surface area contributed by atoms with Crippen LogP contribution >= 0.6 is 0 Å². The van der Waals surface area contributed by atoms with Crippen molar-refractivity contribution in [2.45, 2.75) is 33.2 Å². The number of pyridine rings is 1. The molecule has 0 spiro atoms. The van der Waals surface area contributed by atoms with Crippen LogP contribution in [-0.4, -0.2) is 32.2 Å². The Balaban J connectivity index is 1.49. The van der Waals surface area contributed by atoms with E-state index in [-0.39, 0.29) is 11.9 Å². The Morgan fingerprint density at radius 3 is 2.93 bits per heavy atom. The standard InChI is InChI=1S/C21H23N5O/c1-13(2)26-20-16(12-24-26)10-18(14(3)25-20)21(27)22-9-8-15-11-23-19-7-5-4-6-17(15)19/h4-7,10-13,23H,8-9H2,1-3H3,(H,22,27). The Morgan fingerprint density at radius 2 is 2.11 bits per heavy atom. The number of aryl methyl sites for hydroxylation is 1. The van der Waals surface area contributed by atoms with Crippen molar-refractivity contribution in [1.82, 2.24) is 25.1 Å². The SMILES string of the molecule is Cc1nc2c(cnn2C(C)C)cc1C(=O)NCCc1c[nH]c2ccccc12. The Kier molecular flexibility index (Phi) is 4.39. The summed E-state index contributed by atoms with van der Waals surface area (Å²) < 4.78 is 1.88. The molecular weight excluding hydrogens is 338 g/mol. The fraction of sp³-hybridized carbons (Fsp3) is 0.286. The highest BCUT2D eigenvalue weighted by Crippen LogP contribution is 2.20.